The minimum absolute atomic E-state index is 0.0174. The molecule has 0 heterocycles. The maximum atomic E-state index is 13.1. The summed E-state index contributed by atoms with van der Waals surface area (Å²) in [5, 5.41) is 8.32. The van der Waals surface area contributed by atoms with Gasteiger partial charge in [-0.25, -0.2) is 4.39 Å². The van der Waals surface area contributed by atoms with E-state index in [1.807, 2.05) is 6.92 Å². The van der Waals surface area contributed by atoms with Crippen LogP contribution in [-0.2, 0) is 4.79 Å². The molecule has 7 heteroatoms. The van der Waals surface area contributed by atoms with E-state index >= 15 is 0 Å². The molecule has 2 amide bonds. The second-order valence-corrected chi connectivity index (χ2v) is 5.77. The summed E-state index contributed by atoms with van der Waals surface area (Å²) in [6.45, 7) is 2.55. The van der Waals surface area contributed by atoms with Crippen molar-refractivity contribution in [2.45, 2.75) is 13.3 Å². The Morgan fingerprint density at radius 1 is 1.12 bits per heavy atom. The molecule has 0 aliphatic heterocycles. The monoisotopic (exact) mass is 363 g/mol. The fourth-order valence-corrected chi connectivity index (χ4v) is 2.25. The van der Waals surface area contributed by atoms with Crippen molar-refractivity contribution in [2.75, 3.05) is 23.7 Å². The maximum absolute atomic E-state index is 13.1. The highest BCUT2D eigenvalue weighted by atomic mass is 35.5. The van der Waals surface area contributed by atoms with Crippen LogP contribution in [0, 0.1) is 5.82 Å². The summed E-state index contributed by atoms with van der Waals surface area (Å²) >= 11 is 5.69. The number of benzene rings is 2. The summed E-state index contributed by atoms with van der Waals surface area (Å²) in [6, 6.07) is 10.8. The van der Waals surface area contributed by atoms with Gasteiger partial charge in [-0.05, 0) is 42.8 Å². The molecule has 0 aliphatic rings. The lowest BCUT2D eigenvalue weighted by Gasteiger charge is -2.10. The summed E-state index contributed by atoms with van der Waals surface area (Å²) in [7, 11) is 0. The third-order valence-corrected chi connectivity index (χ3v) is 3.61. The van der Waals surface area contributed by atoms with Crippen LogP contribution in [0.25, 0.3) is 0 Å². The van der Waals surface area contributed by atoms with Gasteiger partial charge in [0.25, 0.3) is 5.91 Å². The number of rotatable bonds is 7. The highest BCUT2D eigenvalue weighted by Gasteiger charge is 2.08. The van der Waals surface area contributed by atoms with E-state index in [4.69, 9.17) is 11.6 Å². The second kappa shape index (κ2) is 9.03. The van der Waals surface area contributed by atoms with Gasteiger partial charge in [-0.15, -0.1) is 0 Å². The molecule has 132 valence electrons. The molecular weight excluding hydrogens is 345 g/mol. The van der Waals surface area contributed by atoms with Crippen LogP contribution >= 0.6 is 11.6 Å². The van der Waals surface area contributed by atoms with Gasteiger partial charge in [0.1, 0.15) is 5.82 Å². The topological polar surface area (TPSA) is 70.2 Å². The second-order valence-electron chi connectivity index (χ2n) is 5.37. The molecule has 2 aromatic carbocycles. The summed E-state index contributed by atoms with van der Waals surface area (Å²) in [6.07, 6.45) is 0.848. The van der Waals surface area contributed by atoms with E-state index in [1.165, 1.54) is 18.2 Å². The van der Waals surface area contributed by atoms with Crippen molar-refractivity contribution in [2.24, 2.45) is 0 Å². The van der Waals surface area contributed by atoms with Crippen LogP contribution in [0.4, 0.5) is 15.8 Å². The number of amides is 2. The molecular formula is C18H19ClFN3O2. The molecule has 0 unspecified atom stereocenters. The van der Waals surface area contributed by atoms with Gasteiger partial charge in [0.15, 0.2) is 0 Å². The van der Waals surface area contributed by atoms with Crippen molar-refractivity contribution in [3.05, 3.63) is 58.9 Å². The van der Waals surface area contributed by atoms with Crippen LogP contribution in [0.15, 0.2) is 42.5 Å². The molecule has 0 saturated heterocycles. The Balaban J connectivity index is 1.91. The van der Waals surface area contributed by atoms with Crippen LogP contribution in [-0.4, -0.2) is 24.9 Å². The number of halogens is 2. The molecule has 0 radical (unpaired) electrons. The number of hydrogen-bond acceptors (Lipinski definition) is 3. The molecule has 2 rings (SSSR count). The molecule has 0 bridgehead atoms. The first-order valence-electron chi connectivity index (χ1n) is 7.86. The first kappa shape index (κ1) is 18.7. The maximum Gasteiger partial charge on any atom is 0.251 e. The van der Waals surface area contributed by atoms with Crippen molar-refractivity contribution >= 4 is 34.8 Å². The molecule has 0 saturated carbocycles. The Bertz CT molecular complexity index is 768. The minimum Gasteiger partial charge on any atom is -0.376 e. The molecule has 25 heavy (non-hydrogen) atoms. The fraction of sp³-hybridized carbons (Fsp3) is 0.222. The lowest BCUT2D eigenvalue weighted by atomic mass is 10.2. The molecule has 0 spiro atoms. The molecule has 0 aromatic heterocycles. The Kier molecular flexibility index (Phi) is 6.77. The zero-order valence-electron chi connectivity index (χ0n) is 13.7. The van der Waals surface area contributed by atoms with Gasteiger partial charge < -0.3 is 16.0 Å². The molecule has 0 atom stereocenters. The van der Waals surface area contributed by atoms with Crippen LogP contribution in [0.3, 0.4) is 0 Å². The largest absolute Gasteiger partial charge is 0.376 e. The van der Waals surface area contributed by atoms with Gasteiger partial charge in [0.2, 0.25) is 5.91 Å². The fourth-order valence-electron chi connectivity index (χ4n) is 2.07. The quantitative estimate of drug-likeness (QED) is 0.703. The highest BCUT2D eigenvalue weighted by Crippen LogP contribution is 2.19. The molecule has 0 fully saturated rings. The van der Waals surface area contributed by atoms with Gasteiger partial charge in [0, 0.05) is 23.5 Å². The van der Waals surface area contributed by atoms with E-state index in [0.717, 1.165) is 6.42 Å². The normalized spacial score (nSPS) is 10.2. The highest BCUT2D eigenvalue weighted by molar-refractivity contribution is 6.31. The number of hydrogen-bond donors (Lipinski definition) is 3. The van der Waals surface area contributed by atoms with Gasteiger partial charge in [-0.1, -0.05) is 24.6 Å². The Morgan fingerprint density at radius 3 is 2.64 bits per heavy atom. The Hall–Kier alpha value is -2.60. The van der Waals surface area contributed by atoms with Gasteiger partial charge in [0.05, 0.1) is 11.6 Å². The van der Waals surface area contributed by atoms with E-state index < -0.39 is 5.82 Å². The first-order valence-corrected chi connectivity index (χ1v) is 8.24. The average Bonchev–Trinajstić information content (AvgIpc) is 2.61. The lowest BCUT2D eigenvalue weighted by molar-refractivity contribution is -0.114. The zero-order valence-corrected chi connectivity index (χ0v) is 14.5. The Labute approximate surface area is 150 Å². The summed E-state index contributed by atoms with van der Waals surface area (Å²) in [5.74, 6) is -1.00. The van der Waals surface area contributed by atoms with Crippen molar-refractivity contribution in [1.82, 2.24) is 5.32 Å². The van der Waals surface area contributed by atoms with Crippen molar-refractivity contribution in [3.8, 4) is 0 Å². The summed E-state index contributed by atoms with van der Waals surface area (Å²) in [5.41, 5.74) is 1.53. The third-order valence-electron chi connectivity index (χ3n) is 3.32. The number of carbonyl (C=O) groups is 2. The van der Waals surface area contributed by atoms with Crippen molar-refractivity contribution in [1.29, 1.82) is 0 Å². The van der Waals surface area contributed by atoms with Crippen molar-refractivity contribution < 1.29 is 14.0 Å². The summed E-state index contributed by atoms with van der Waals surface area (Å²) in [4.78, 5) is 23.9. The lowest BCUT2D eigenvalue weighted by Crippen LogP contribution is -2.24. The molecule has 5 nitrogen and oxygen atoms in total. The third kappa shape index (κ3) is 5.76. The van der Waals surface area contributed by atoms with Crippen LogP contribution in [0.1, 0.15) is 23.7 Å². The smallest absolute Gasteiger partial charge is 0.251 e. The zero-order chi connectivity index (χ0) is 18.2. The molecule has 2 aromatic rings. The predicted molar refractivity (Wildman–Crippen MR) is 97.6 cm³/mol. The predicted octanol–water partition coefficient (Wildman–Crippen LogP) is 3.67. The van der Waals surface area contributed by atoms with Crippen LogP contribution < -0.4 is 16.0 Å². The molecule has 0 aliphatic carbocycles. The van der Waals surface area contributed by atoms with E-state index in [9.17, 15) is 14.0 Å². The van der Waals surface area contributed by atoms with Gasteiger partial charge in [-0.3, -0.25) is 9.59 Å². The summed E-state index contributed by atoms with van der Waals surface area (Å²) < 4.78 is 13.1. The van der Waals surface area contributed by atoms with E-state index in [-0.39, 0.29) is 23.4 Å². The van der Waals surface area contributed by atoms with E-state index in [2.05, 4.69) is 16.0 Å². The van der Waals surface area contributed by atoms with Gasteiger partial charge in [-0.2, -0.15) is 0 Å². The SMILES string of the molecule is CCCNC(=O)c1cccc(NC(=O)CNc2ccc(F)c(Cl)c2)c1. The Morgan fingerprint density at radius 2 is 1.92 bits per heavy atom. The van der Waals surface area contributed by atoms with Gasteiger partial charge >= 0.3 is 0 Å². The number of nitrogens with one attached hydrogen (secondary N) is 3. The molecule has 3 N–H and O–H groups in total. The van der Waals surface area contributed by atoms with E-state index in [1.54, 1.807) is 24.3 Å². The van der Waals surface area contributed by atoms with E-state index in [0.29, 0.717) is 23.5 Å². The first-order chi connectivity index (χ1) is 12.0. The number of anilines is 2. The minimum atomic E-state index is -0.519. The average molecular weight is 364 g/mol. The number of carbonyl (C=O) groups excluding carboxylic acids is 2. The van der Waals surface area contributed by atoms with Crippen LogP contribution in [0.2, 0.25) is 5.02 Å². The van der Waals surface area contributed by atoms with Crippen LogP contribution in [0.5, 0.6) is 0 Å². The standard InChI is InChI=1S/C18H19ClFN3O2/c1-2-8-21-18(25)12-4-3-5-14(9-12)23-17(24)11-22-13-6-7-16(20)15(19)10-13/h3-7,9-10,22H,2,8,11H2,1H3,(H,21,25)(H,23,24). The van der Waals surface area contributed by atoms with Crippen molar-refractivity contribution in [3.63, 3.8) is 0 Å².